The van der Waals surface area contributed by atoms with Crippen LogP contribution in [0, 0.1) is 10.1 Å². The largest absolute Gasteiger partial charge is 0.383 e. The molecule has 0 aliphatic rings. The Morgan fingerprint density at radius 1 is 1.07 bits per heavy atom. The van der Waals surface area contributed by atoms with E-state index in [0.29, 0.717) is 11.3 Å². The Balaban J connectivity index is 2.33. The number of rotatable bonds is 7. The molecular formula is C18H19N3O5S. The second-order valence-electron chi connectivity index (χ2n) is 5.92. The van der Waals surface area contributed by atoms with Gasteiger partial charge in [0.1, 0.15) is 0 Å². The van der Waals surface area contributed by atoms with Crippen LogP contribution in [0.4, 0.5) is 11.4 Å². The molecule has 0 saturated heterocycles. The van der Waals surface area contributed by atoms with Gasteiger partial charge in [0.25, 0.3) is 15.7 Å². The van der Waals surface area contributed by atoms with E-state index in [9.17, 15) is 23.3 Å². The first-order valence-corrected chi connectivity index (χ1v) is 9.29. The van der Waals surface area contributed by atoms with E-state index in [0.717, 1.165) is 16.4 Å². The summed E-state index contributed by atoms with van der Waals surface area (Å²) in [5.41, 5.74) is 0.450. The molecule has 0 spiro atoms. The van der Waals surface area contributed by atoms with Gasteiger partial charge in [0.15, 0.2) is 5.78 Å². The van der Waals surface area contributed by atoms with Gasteiger partial charge in [-0.15, -0.1) is 0 Å². The maximum atomic E-state index is 12.8. The summed E-state index contributed by atoms with van der Waals surface area (Å²) < 4.78 is 26.5. The fourth-order valence-corrected chi connectivity index (χ4v) is 3.39. The lowest BCUT2D eigenvalue weighted by Gasteiger charge is -2.20. The molecule has 0 N–H and O–H groups in total. The molecule has 2 aromatic rings. The van der Waals surface area contributed by atoms with E-state index >= 15 is 0 Å². The number of anilines is 1. The van der Waals surface area contributed by atoms with E-state index in [1.807, 2.05) is 0 Å². The minimum absolute atomic E-state index is 0.0835. The predicted octanol–water partition coefficient (Wildman–Crippen LogP) is 2.68. The average molecular weight is 389 g/mol. The highest BCUT2D eigenvalue weighted by Crippen LogP contribution is 2.24. The summed E-state index contributed by atoms with van der Waals surface area (Å²) in [7, 11) is 0.993. The lowest BCUT2D eigenvalue weighted by molar-refractivity contribution is -0.384. The highest BCUT2D eigenvalue weighted by Gasteiger charge is 2.22. The topological polar surface area (TPSA) is 101 Å². The van der Waals surface area contributed by atoms with Gasteiger partial charge in [-0.25, -0.2) is 8.42 Å². The lowest BCUT2D eigenvalue weighted by Crippen LogP contribution is -2.26. The number of allylic oxidation sites excluding steroid dienone is 1. The second-order valence-corrected chi connectivity index (χ2v) is 7.89. The van der Waals surface area contributed by atoms with Crippen LogP contribution in [0.3, 0.4) is 0 Å². The number of non-ortho nitro benzene ring substituents is 1. The van der Waals surface area contributed by atoms with Crippen LogP contribution >= 0.6 is 0 Å². The molecule has 0 atom stereocenters. The summed E-state index contributed by atoms with van der Waals surface area (Å²) in [5, 5.41) is 10.7. The van der Waals surface area contributed by atoms with Crippen LogP contribution in [0.1, 0.15) is 10.4 Å². The first kappa shape index (κ1) is 20.1. The van der Waals surface area contributed by atoms with Crippen molar-refractivity contribution in [3.63, 3.8) is 0 Å². The molecular weight excluding hydrogens is 370 g/mol. The molecule has 0 unspecified atom stereocenters. The van der Waals surface area contributed by atoms with E-state index < -0.39 is 14.9 Å². The van der Waals surface area contributed by atoms with Crippen molar-refractivity contribution in [1.82, 2.24) is 4.90 Å². The molecule has 0 radical (unpaired) electrons. The minimum Gasteiger partial charge on any atom is -0.383 e. The van der Waals surface area contributed by atoms with Crippen molar-refractivity contribution in [2.45, 2.75) is 4.90 Å². The molecule has 142 valence electrons. The quantitative estimate of drug-likeness (QED) is 0.312. The zero-order valence-electron chi connectivity index (χ0n) is 15.1. The average Bonchev–Trinajstić information content (AvgIpc) is 2.65. The maximum Gasteiger partial charge on any atom is 0.269 e. The Hall–Kier alpha value is -3.20. The first-order chi connectivity index (χ1) is 12.6. The number of nitrogens with zero attached hydrogens (tertiary/aromatic N) is 3. The Kier molecular flexibility index (Phi) is 5.96. The van der Waals surface area contributed by atoms with Crippen LogP contribution in [0.5, 0.6) is 0 Å². The number of nitro benzene ring substituents is 1. The molecule has 0 saturated carbocycles. The van der Waals surface area contributed by atoms with Crippen molar-refractivity contribution in [3.8, 4) is 0 Å². The third-order valence-electron chi connectivity index (χ3n) is 3.72. The summed E-state index contributed by atoms with van der Waals surface area (Å²) in [6.45, 7) is 0. The van der Waals surface area contributed by atoms with Crippen molar-refractivity contribution >= 4 is 27.2 Å². The molecule has 2 rings (SSSR count). The van der Waals surface area contributed by atoms with E-state index in [1.165, 1.54) is 31.3 Å². The van der Waals surface area contributed by atoms with Gasteiger partial charge in [0.05, 0.1) is 15.5 Å². The number of carbonyl (C=O) groups is 1. The Bertz CT molecular complexity index is 982. The van der Waals surface area contributed by atoms with Crippen molar-refractivity contribution in [2.24, 2.45) is 0 Å². The standard InChI is InChI=1S/C18H19N3O5S/c1-19(2)12-11-18(22)14-5-4-6-16(13-14)20(3)27(25,26)17-9-7-15(8-10-17)21(23)24/h4-13H,1-3H3. The normalized spacial score (nSPS) is 11.4. The van der Waals surface area contributed by atoms with Crippen LogP contribution in [0.25, 0.3) is 0 Å². The van der Waals surface area contributed by atoms with E-state index in [1.54, 1.807) is 43.4 Å². The van der Waals surface area contributed by atoms with Crippen LogP contribution in [-0.2, 0) is 10.0 Å². The summed E-state index contributed by atoms with van der Waals surface area (Å²) in [6, 6.07) is 10.9. The smallest absolute Gasteiger partial charge is 0.269 e. The molecule has 0 fully saturated rings. The number of carbonyl (C=O) groups excluding carboxylic acids is 1. The number of nitro groups is 1. The number of benzene rings is 2. The lowest BCUT2D eigenvalue weighted by atomic mass is 10.1. The maximum absolute atomic E-state index is 12.8. The minimum atomic E-state index is -3.93. The molecule has 0 aliphatic carbocycles. The van der Waals surface area contributed by atoms with E-state index in [-0.39, 0.29) is 16.4 Å². The van der Waals surface area contributed by atoms with Gasteiger partial charge in [0.2, 0.25) is 0 Å². The Morgan fingerprint density at radius 2 is 1.70 bits per heavy atom. The molecule has 8 nitrogen and oxygen atoms in total. The zero-order valence-corrected chi connectivity index (χ0v) is 15.9. The van der Waals surface area contributed by atoms with Crippen LogP contribution in [-0.4, -0.2) is 45.2 Å². The molecule has 0 aliphatic heterocycles. The molecule has 27 heavy (non-hydrogen) atoms. The second kappa shape index (κ2) is 8.00. The van der Waals surface area contributed by atoms with Gasteiger partial charge < -0.3 is 4.90 Å². The molecule has 0 bridgehead atoms. The third-order valence-corrected chi connectivity index (χ3v) is 5.52. The Morgan fingerprint density at radius 3 is 2.26 bits per heavy atom. The number of hydrogen-bond donors (Lipinski definition) is 0. The fourth-order valence-electron chi connectivity index (χ4n) is 2.20. The third kappa shape index (κ3) is 4.70. The highest BCUT2D eigenvalue weighted by atomic mass is 32.2. The zero-order chi connectivity index (χ0) is 20.2. The molecule has 9 heteroatoms. The SMILES string of the molecule is CN(C)C=CC(=O)c1cccc(N(C)S(=O)(=O)c2ccc([N+](=O)[O-])cc2)c1. The number of hydrogen-bond acceptors (Lipinski definition) is 6. The van der Waals surface area contributed by atoms with Gasteiger partial charge in [-0.2, -0.15) is 0 Å². The molecule has 0 heterocycles. The van der Waals surface area contributed by atoms with Crippen LogP contribution in [0.2, 0.25) is 0 Å². The first-order valence-electron chi connectivity index (χ1n) is 7.85. The van der Waals surface area contributed by atoms with Gasteiger partial charge in [0, 0.05) is 51.1 Å². The van der Waals surface area contributed by atoms with Crippen LogP contribution in [0.15, 0.2) is 65.7 Å². The van der Waals surface area contributed by atoms with E-state index in [4.69, 9.17) is 0 Å². The van der Waals surface area contributed by atoms with Crippen molar-refractivity contribution in [1.29, 1.82) is 0 Å². The van der Waals surface area contributed by atoms with E-state index in [2.05, 4.69) is 0 Å². The number of sulfonamides is 1. The molecule has 0 aromatic heterocycles. The van der Waals surface area contributed by atoms with Gasteiger partial charge >= 0.3 is 0 Å². The molecule has 2 aromatic carbocycles. The van der Waals surface area contributed by atoms with Gasteiger partial charge in [-0.1, -0.05) is 12.1 Å². The predicted molar refractivity (Wildman–Crippen MR) is 102 cm³/mol. The summed E-state index contributed by atoms with van der Waals surface area (Å²) in [4.78, 5) is 23.9. The van der Waals surface area contributed by atoms with Crippen molar-refractivity contribution in [2.75, 3.05) is 25.4 Å². The van der Waals surface area contributed by atoms with Crippen molar-refractivity contribution < 1.29 is 18.1 Å². The Labute approximate surface area is 157 Å². The van der Waals surface area contributed by atoms with Gasteiger partial charge in [-0.3, -0.25) is 19.2 Å². The van der Waals surface area contributed by atoms with Crippen molar-refractivity contribution in [3.05, 3.63) is 76.5 Å². The van der Waals surface area contributed by atoms with Gasteiger partial charge in [-0.05, 0) is 24.3 Å². The number of ketones is 1. The summed E-state index contributed by atoms with van der Waals surface area (Å²) >= 11 is 0. The van der Waals surface area contributed by atoms with Crippen LogP contribution < -0.4 is 4.31 Å². The monoisotopic (exact) mass is 389 g/mol. The fraction of sp³-hybridized carbons (Fsp3) is 0.167. The molecule has 0 amide bonds. The summed E-state index contributed by atoms with van der Waals surface area (Å²) in [5.74, 6) is -0.258. The highest BCUT2D eigenvalue weighted by molar-refractivity contribution is 7.92. The summed E-state index contributed by atoms with van der Waals surface area (Å²) in [6.07, 6.45) is 3.00.